The zero-order chi connectivity index (χ0) is 20.4. The van der Waals surface area contributed by atoms with Crippen LogP contribution in [0.2, 0.25) is 0 Å². The van der Waals surface area contributed by atoms with E-state index in [1.165, 1.54) is 26.2 Å². The minimum absolute atomic E-state index is 0.0952. The minimum Gasteiger partial charge on any atom is -0.504 e. The second-order valence-electron chi connectivity index (χ2n) is 7.49. The van der Waals surface area contributed by atoms with Crippen LogP contribution in [0.15, 0.2) is 17.6 Å². The number of amides is 1. The van der Waals surface area contributed by atoms with E-state index in [-0.39, 0.29) is 24.0 Å². The molecule has 0 radical (unpaired) electrons. The number of hydrogen-bond acceptors (Lipinski definition) is 6. The van der Waals surface area contributed by atoms with Crippen LogP contribution >= 0.6 is 0 Å². The fraction of sp³-hybridized carbons (Fsp3) is 0.474. The average Bonchev–Trinajstić information content (AvgIpc) is 2.79. The molecule has 1 fully saturated rings. The van der Waals surface area contributed by atoms with E-state index in [1.807, 2.05) is 27.7 Å². The number of phenolic OH excluding ortho intramolecular Hbond substituents is 1. The number of methoxy groups -OCH3 is 1. The summed E-state index contributed by atoms with van der Waals surface area (Å²) >= 11 is 0. The Bertz CT molecular complexity index is 756. The second-order valence-corrected chi connectivity index (χ2v) is 7.49. The number of aldehydes is 1. The van der Waals surface area contributed by atoms with Crippen molar-refractivity contribution in [1.82, 2.24) is 5.32 Å². The SMILES string of the molecule is COc1cc(C=O)c(C=C(CNC(C)=O)B2OC(C)(C)C(C)(C)O2)cc1O. The van der Waals surface area contributed by atoms with Crippen molar-refractivity contribution in [2.75, 3.05) is 13.7 Å². The van der Waals surface area contributed by atoms with Gasteiger partial charge in [0, 0.05) is 19.0 Å². The third kappa shape index (κ3) is 4.51. The second kappa shape index (κ2) is 7.74. The zero-order valence-corrected chi connectivity index (χ0v) is 16.6. The molecule has 0 atom stereocenters. The monoisotopic (exact) mass is 375 g/mol. The highest BCUT2D eigenvalue weighted by Crippen LogP contribution is 2.39. The molecule has 0 unspecified atom stereocenters. The van der Waals surface area contributed by atoms with Gasteiger partial charge in [-0.15, -0.1) is 0 Å². The van der Waals surface area contributed by atoms with Crippen LogP contribution in [-0.4, -0.2) is 49.3 Å². The summed E-state index contributed by atoms with van der Waals surface area (Å²) in [6.45, 7) is 9.31. The predicted molar refractivity (Wildman–Crippen MR) is 103 cm³/mol. The van der Waals surface area contributed by atoms with Gasteiger partial charge in [0.25, 0.3) is 0 Å². The maximum atomic E-state index is 11.5. The molecule has 27 heavy (non-hydrogen) atoms. The Balaban J connectivity index is 2.47. The largest absolute Gasteiger partial charge is 0.504 e. The molecule has 0 aromatic heterocycles. The number of phenols is 1. The lowest BCUT2D eigenvalue weighted by Gasteiger charge is -2.32. The molecule has 1 aromatic carbocycles. The number of rotatable bonds is 6. The van der Waals surface area contributed by atoms with Gasteiger partial charge in [0.2, 0.25) is 5.91 Å². The molecule has 146 valence electrons. The molecule has 7 nitrogen and oxygen atoms in total. The summed E-state index contributed by atoms with van der Waals surface area (Å²) in [7, 11) is 0.705. The maximum Gasteiger partial charge on any atom is 0.492 e. The third-order valence-corrected chi connectivity index (χ3v) is 4.95. The van der Waals surface area contributed by atoms with Gasteiger partial charge in [-0.3, -0.25) is 9.59 Å². The predicted octanol–water partition coefficient (Wildman–Crippen LogP) is 2.36. The van der Waals surface area contributed by atoms with E-state index in [0.717, 1.165) is 0 Å². The zero-order valence-electron chi connectivity index (χ0n) is 16.6. The van der Waals surface area contributed by atoms with Crippen LogP contribution < -0.4 is 10.1 Å². The van der Waals surface area contributed by atoms with Crippen molar-refractivity contribution in [3.8, 4) is 11.5 Å². The number of hydrogen-bond donors (Lipinski definition) is 2. The molecule has 0 aliphatic carbocycles. The molecule has 1 aromatic rings. The Hall–Kier alpha value is -2.32. The van der Waals surface area contributed by atoms with Crippen molar-refractivity contribution in [1.29, 1.82) is 0 Å². The first-order valence-corrected chi connectivity index (χ1v) is 8.67. The van der Waals surface area contributed by atoms with E-state index in [2.05, 4.69) is 5.32 Å². The van der Waals surface area contributed by atoms with Crippen molar-refractivity contribution in [3.05, 3.63) is 28.7 Å². The number of benzene rings is 1. The molecular formula is C19H26BNO6. The third-order valence-electron chi connectivity index (χ3n) is 4.95. The number of carbonyl (C=O) groups excluding carboxylic acids is 2. The number of aromatic hydroxyl groups is 1. The van der Waals surface area contributed by atoms with Gasteiger partial charge in [-0.2, -0.15) is 0 Å². The fourth-order valence-corrected chi connectivity index (χ4v) is 2.61. The molecule has 1 heterocycles. The van der Waals surface area contributed by atoms with Gasteiger partial charge in [0.15, 0.2) is 17.8 Å². The lowest BCUT2D eigenvalue weighted by Crippen LogP contribution is -2.41. The fourth-order valence-electron chi connectivity index (χ4n) is 2.61. The highest BCUT2D eigenvalue weighted by molar-refractivity contribution is 6.56. The van der Waals surface area contributed by atoms with Crippen LogP contribution in [0.1, 0.15) is 50.5 Å². The summed E-state index contributed by atoms with van der Waals surface area (Å²) in [5.41, 5.74) is 0.321. The number of nitrogens with one attached hydrogen (secondary N) is 1. The van der Waals surface area contributed by atoms with Crippen LogP contribution in [0.3, 0.4) is 0 Å². The van der Waals surface area contributed by atoms with E-state index in [0.29, 0.717) is 22.9 Å². The Morgan fingerprint density at radius 2 is 1.81 bits per heavy atom. The molecule has 1 saturated heterocycles. The average molecular weight is 375 g/mol. The van der Waals surface area contributed by atoms with Crippen molar-refractivity contribution in [2.24, 2.45) is 0 Å². The van der Waals surface area contributed by atoms with Crippen LogP contribution in [0.4, 0.5) is 0 Å². The Morgan fingerprint density at radius 3 is 2.30 bits per heavy atom. The molecule has 1 aliphatic heterocycles. The van der Waals surface area contributed by atoms with E-state index < -0.39 is 18.3 Å². The molecule has 2 N–H and O–H groups in total. The van der Waals surface area contributed by atoms with Gasteiger partial charge in [0.1, 0.15) is 0 Å². The molecule has 2 rings (SSSR count). The quantitative estimate of drug-likeness (QED) is 0.586. The summed E-state index contributed by atoms with van der Waals surface area (Å²) < 4.78 is 17.2. The topological polar surface area (TPSA) is 94.1 Å². The van der Waals surface area contributed by atoms with Crippen molar-refractivity contribution < 1.29 is 28.7 Å². The molecule has 1 amide bonds. The number of ether oxygens (including phenoxy) is 1. The summed E-state index contributed by atoms with van der Waals surface area (Å²) in [5, 5.41) is 12.8. The van der Waals surface area contributed by atoms with Gasteiger partial charge in [-0.1, -0.05) is 6.08 Å². The molecule has 8 heteroatoms. The van der Waals surface area contributed by atoms with Crippen molar-refractivity contribution >= 4 is 25.4 Å². The standard InChI is InChI=1S/C19H26BNO6/c1-12(23)21-10-15(20-26-18(2,3)19(4,5)27-20)7-13-8-16(24)17(25-6)9-14(13)11-22/h7-9,11,24H,10H2,1-6H3,(H,21,23). The highest BCUT2D eigenvalue weighted by atomic mass is 16.7. The molecular weight excluding hydrogens is 349 g/mol. The van der Waals surface area contributed by atoms with E-state index in [9.17, 15) is 14.7 Å². The van der Waals surface area contributed by atoms with E-state index >= 15 is 0 Å². The lowest BCUT2D eigenvalue weighted by molar-refractivity contribution is -0.118. The summed E-state index contributed by atoms with van der Waals surface area (Å²) in [6, 6.07) is 2.88. The van der Waals surface area contributed by atoms with Gasteiger partial charge in [-0.05, 0) is 50.9 Å². The number of carbonyl (C=O) groups is 2. The lowest BCUT2D eigenvalue weighted by atomic mass is 9.76. The molecule has 0 saturated carbocycles. The Labute approximate surface area is 159 Å². The van der Waals surface area contributed by atoms with Gasteiger partial charge in [0.05, 0.1) is 18.3 Å². The first-order valence-electron chi connectivity index (χ1n) is 8.67. The minimum atomic E-state index is -0.703. The van der Waals surface area contributed by atoms with Gasteiger partial charge >= 0.3 is 7.12 Å². The summed E-state index contributed by atoms with van der Waals surface area (Å²) in [5.74, 6) is -0.0963. The molecule has 0 spiro atoms. The summed E-state index contributed by atoms with van der Waals surface area (Å²) in [6.07, 6.45) is 2.36. The maximum absolute atomic E-state index is 11.5. The smallest absolute Gasteiger partial charge is 0.492 e. The summed E-state index contributed by atoms with van der Waals surface area (Å²) in [4.78, 5) is 22.9. The Morgan fingerprint density at radius 1 is 1.22 bits per heavy atom. The molecule has 1 aliphatic rings. The van der Waals surface area contributed by atoms with Crippen molar-refractivity contribution in [3.63, 3.8) is 0 Å². The first-order chi connectivity index (χ1) is 12.5. The van der Waals surface area contributed by atoms with Crippen LogP contribution in [0.5, 0.6) is 11.5 Å². The van der Waals surface area contributed by atoms with Gasteiger partial charge in [-0.25, -0.2) is 0 Å². The molecule has 0 bridgehead atoms. The van der Waals surface area contributed by atoms with Crippen molar-refractivity contribution in [2.45, 2.75) is 45.8 Å². The van der Waals surface area contributed by atoms with E-state index in [1.54, 1.807) is 6.08 Å². The normalized spacial score (nSPS) is 18.3. The highest BCUT2D eigenvalue weighted by Gasteiger charge is 2.52. The van der Waals surface area contributed by atoms with Crippen LogP contribution in [0.25, 0.3) is 6.08 Å². The first kappa shape index (κ1) is 21.0. The van der Waals surface area contributed by atoms with Crippen LogP contribution in [0, 0.1) is 0 Å². The van der Waals surface area contributed by atoms with Crippen LogP contribution in [-0.2, 0) is 14.1 Å². The Kier molecular flexibility index (Phi) is 6.02. The van der Waals surface area contributed by atoms with E-state index in [4.69, 9.17) is 14.0 Å². The van der Waals surface area contributed by atoms with Gasteiger partial charge < -0.3 is 24.5 Å².